The van der Waals surface area contributed by atoms with Crippen LogP contribution in [0.25, 0.3) is 10.9 Å². The van der Waals surface area contributed by atoms with Gasteiger partial charge in [0.1, 0.15) is 11.7 Å². The smallest absolute Gasteiger partial charge is 0.310 e. The summed E-state index contributed by atoms with van der Waals surface area (Å²) in [4.78, 5) is 17.8. The summed E-state index contributed by atoms with van der Waals surface area (Å²) in [6.45, 7) is 2.84. The van der Waals surface area contributed by atoms with E-state index < -0.39 is 18.0 Å². The molecule has 0 aliphatic carbocycles. The molecule has 2 atom stereocenters. The van der Waals surface area contributed by atoms with E-state index in [1.54, 1.807) is 6.07 Å². The fourth-order valence-corrected chi connectivity index (χ4v) is 3.07. The molecule has 116 valence electrons. The Morgan fingerprint density at radius 3 is 2.91 bits per heavy atom. The van der Waals surface area contributed by atoms with Gasteiger partial charge < -0.3 is 15.1 Å². The van der Waals surface area contributed by atoms with E-state index in [2.05, 4.69) is 4.98 Å². The number of anilines is 1. The molecule has 0 radical (unpaired) electrons. The summed E-state index contributed by atoms with van der Waals surface area (Å²) in [5.41, 5.74) is 1.87. The first kappa shape index (κ1) is 15.1. The van der Waals surface area contributed by atoms with Gasteiger partial charge in [0, 0.05) is 23.5 Å². The molecular formula is C16H17ClN2O3. The molecule has 2 N–H and O–H groups in total. The number of hydrogen-bond donors (Lipinski definition) is 2. The van der Waals surface area contributed by atoms with Crippen LogP contribution in [-0.4, -0.2) is 40.4 Å². The van der Waals surface area contributed by atoms with Crippen LogP contribution >= 0.6 is 11.6 Å². The zero-order valence-electron chi connectivity index (χ0n) is 12.2. The van der Waals surface area contributed by atoms with Crippen molar-refractivity contribution in [2.45, 2.75) is 19.4 Å². The number of carboxylic acids is 1. The maximum absolute atomic E-state index is 11.2. The standard InChI is InChI=1S/C16H17ClN2O3/c1-9-6-15(18-13-3-2-10(17)7-11(9)13)19-5-4-14(20)12(8-19)16(21)22/h2-3,6-7,12,14,20H,4-5,8H2,1H3,(H,21,22)/t12-,14+/m0/s1. The van der Waals surface area contributed by atoms with Crippen LogP contribution in [0.1, 0.15) is 12.0 Å². The second-order valence-electron chi connectivity index (χ2n) is 5.71. The quantitative estimate of drug-likeness (QED) is 0.889. The van der Waals surface area contributed by atoms with Crippen LogP contribution in [0.4, 0.5) is 5.82 Å². The summed E-state index contributed by atoms with van der Waals surface area (Å²) in [7, 11) is 0. The summed E-state index contributed by atoms with van der Waals surface area (Å²) in [5.74, 6) is -1.01. The van der Waals surface area contributed by atoms with Gasteiger partial charge in [-0.15, -0.1) is 0 Å². The van der Waals surface area contributed by atoms with Gasteiger partial charge in [0.05, 0.1) is 11.6 Å². The van der Waals surface area contributed by atoms with Gasteiger partial charge in [0.15, 0.2) is 0 Å². The van der Waals surface area contributed by atoms with Gasteiger partial charge in [-0.05, 0) is 43.2 Å². The number of carboxylic acid groups (broad SMARTS) is 1. The van der Waals surface area contributed by atoms with Crippen LogP contribution in [0.15, 0.2) is 24.3 Å². The van der Waals surface area contributed by atoms with Crippen molar-refractivity contribution >= 4 is 34.3 Å². The van der Waals surface area contributed by atoms with Gasteiger partial charge in [-0.3, -0.25) is 4.79 Å². The molecule has 1 aliphatic rings. The lowest BCUT2D eigenvalue weighted by molar-refractivity contribution is -0.146. The molecule has 0 spiro atoms. The van der Waals surface area contributed by atoms with E-state index in [4.69, 9.17) is 11.6 Å². The summed E-state index contributed by atoms with van der Waals surface area (Å²) >= 11 is 6.02. The van der Waals surface area contributed by atoms with E-state index in [-0.39, 0.29) is 6.54 Å². The minimum atomic E-state index is -0.971. The first-order valence-corrected chi connectivity index (χ1v) is 7.56. The molecule has 6 heteroatoms. The average Bonchev–Trinajstić information content (AvgIpc) is 2.48. The lowest BCUT2D eigenvalue weighted by Gasteiger charge is -2.35. The highest BCUT2D eigenvalue weighted by Crippen LogP contribution is 2.28. The van der Waals surface area contributed by atoms with Crippen molar-refractivity contribution in [1.82, 2.24) is 4.98 Å². The number of aliphatic hydroxyl groups excluding tert-OH is 1. The van der Waals surface area contributed by atoms with Gasteiger partial charge in [0.25, 0.3) is 0 Å². The van der Waals surface area contributed by atoms with Crippen LogP contribution in [0.3, 0.4) is 0 Å². The van der Waals surface area contributed by atoms with Crippen molar-refractivity contribution < 1.29 is 15.0 Å². The zero-order chi connectivity index (χ0) is 15.9. The van der Waals surface area contributed by atoms with Gasteiger partial charge in [0.2, 0.25) is 0 Å². The Hall–Kier alpha value is -1.85. The molecule has 1 aliphatic heterocycles. The van der Waals surface area contributed by atoms with Crippen molar-refractivity contribution in [2.75, 3.05) is 18.0 Å². The van der Waals surface area contributed by atoms with E-state index >= 15 is 0 Å². The second-order valence-corrected chi connectivity index (χ2v) is 6.14. The third-order valence-corrected chi connectivity index (χ3v) is 4.42. The van der Waals surface area contributed by atoms with Crippen LogP contribution in [-0.2, 0) is 4.79 Å². The number of fused-ring (bicyclic) bond motifs is 1. The summed E-state index contributed by atoms with van der Waals surface area (Å²) in [6, 6.07) is 7.47. The van der Waals surface area contributed by atoms with Crippen molar-refractivity contribution in [2.24, 2.45) is 5.92 Å². The number of benzene rings is 1. The lowest BCUT2D eigenvalue weighted by Crippen LogP contribution is -2.46. The van der Waals surface area contributed by atoms with Crippen molar-refractivity contribution in [3.8, 4) is 0 Å². The zero-order valence-corrected chi connectivity index (χ0v) is 12.9. The summed E-state index contributed by atoms with van der Waals surface area (Å²) < 4.78 is 0. The van der Waals surface area contributed by atoms with E-state index in [1.165, 1.54) is 0 Å². The minimum Gasteiger partial charge on any atom is -0.481 e. The second kappa shape index (κ2) is 5.74. The average molecular weight is 321 g/mol. The Kier molecular flexibility index (Phi) is 3.93. The predicted molar refractivity (Wildman–Crippen MR) is 85.5 cm³/mol. The highest BCUT2D eigenvalue weighted by molar-refractivity contribution is 6.31. The lowest BCUT2D eigenvalue weighted by atomic mass is 9.95. The largest absolute Gasteiger partial charge is 0.481 e. The molecule has 0 bridgehead atoms. The number of hydrogen-bond acceptors (Lipinski definition) is 4. The molecule has 2 aromatic rings. The molecule has 1 aromatic heterocycles. The van der Waals surface area contributed by atoms with Crippen LogP contribution in [0, 0.1) is 12.8 Å². The number of pyridine rings is 1. The van der Waals surface area contributed by atoms with Crippen molar-refractivity contribution in [3.05, 3.63) is 34.9 Å². The SMILES string of the molecule is Cc1cc(N2CC[C@@H](O)[C@@H](C(=O)O)C2)nc2ccc(Cl)cc12. The number of aromatic nitrogens is 1. The molecule has 22 heavy (non-hydrogen) atoms. The maximum atomic E-state index is 11.2. The molecule has 1 saturated heterocycles. The highest BCUT2D eigenvalue weighted by Gasteiger charge is 2.33. The monoisotopic (exact) mass is 320 g/mol. The number of halogens is 1. The highest BCUT2D eigenvalue weighted by atomic mass is 35.5. The number of rotatable bonds is 2. The van der Waals surface area contributed by atoms with Gasteiger partial charge in [-0.2, -0.15) is 0 Å². The van der Waals surface area contributed by atoms with Gasteiger partial charge in [-0.1, -0.05) is 11.6 Å². The number of aliphatic carboxylic acids is 1. The topological polar surface area (TPSA) is 73.7 Å². The molecule has 2 heterocycles. The van der Waals surface area contributed by atoms with E-state index in [0.29, 0.717) is 18.0 Å². The number of nitrogens with zero attached hydrogens (tertiary/aromatic N) is 2. The Labute approximate surface area is 133 Å². The third-order valence-electron chi connectivity index (χ3n) is 4.18. The Morgan fingerprint density at radius 1 is 1.41 bits per heavy atom. The van der Waals surface area contributed by atoms with Gasteiger partial charge >= 0.3 is 5.97 Å². The minimum absolute atomic E-state index is 0.266. The van der Waals surface area contributed by atoms with Crippen LogP contribution in [0.2, 0.25) is 5.02 Å². The number of piperidine rings is 1. The van der Waals surface area contributed by atoms with Crippen LogP contribution < -0.4 is 4.90 Å². The molecule has 1 fully saturated rings. The van der Waals surface area contributed by atoms with Gasteiger partial charge in [-0.25, -0.2) is 4.98 Å². The maximum Gasteiger partial charge on any atom is 0.310 e. The van der Waals surface area contributed by atoms with E-state index in [9.17, 15) is 15.0 Å². The Morgan fingerprint density at radius 2 is 2.18 bits per heavy atom. The molecule has 3 rings (SSSR count). The summed E-state index contributed by atoms with van der Waals surface area (Å²) in [6.07, 6.45) is -0.370. The van der Waals surface area contributed by atoms with Crippen molar-refractivity contribution in [1.29, 1.82) is 0 Å². The normalized spacial score (nSPS) is 22.0. The number of aliphatic hydroxyl groups is 1. The molecule has 0 unspecified atom stereocenters. The molecule has 0 amide bonds. The number of aryl methyl sites for hydroxylation is 1. The fourth-order valence-electron chi connectivity index (χ4n) is 2.90. The molecule has 1 aromatic carbocycles. The predicted octanol–water partition coefficient (Wildman–Crippen LogP) is 2.47. The van der Waals surface area contributed by atoms with E-state index in [1.807, 2.05) is 30.0 Å². The molecular weight excluding hydrogens is 304 g/mol. The molecule has 5 nitrogen and oxygen atoms in total. The Balaban J connectivity index is 1.96. The first-order valence-electron chi connectivity index (χ1n) is 7.18. The molecule has 0 saturated carbocycles. The van der Waals surface area contributed by atoms with E-state index in [0.717, 1.165) is 22.3 Å². The fraction of sp³-hybridized carbons (Fsp3) is 0.375. The van der Waals surface area contributed by atoms with Crippen molar-refractivity contribution in [3.63, 3.8) is 0 Å². The number of carbonyl (C=O) groups is 1. The Bertz CT molecular complexity index is 735. The third kappa shape index (κ3) is 2.74. The summed E-state index contributed by atoms with van der Waals surface area (Å²) in [5, 5.41) is 20.7. The van der Waals surface area contributed by atoms with Crippen LogP contribution in [0.5, 0.6) is 0 Å². The first-order chi connectivity index (χ1) is 10.5.